The summed E-state index contributed by atoms with van der Waals surface area (Å²) in [7, 11) is 3.04. The van der Waals surface area contributed by atoms with Crippen molar-refractivity contribution in [3.63, 3.8) is 0 Å². The van der Waals surface area contributed by atoms with Crippen LogP contribution in [-0.4, -0.2) is 26.9 Å². The third-order valence-electron chi connectivity index (χ3n) is 5.33. The summed E-state index contributed by atoms with van der Waals surface area (Å²) >= 11 is 1.34. The van der Waals surface area contributed by atoms with Crippen molar-refractivity contribution in [1.82, 2.24) is 0 Å². The van der Waals surface area contributed by atoms with Crippen molar-refractivity contribution in [1.29, 1.82) is 0 Å². The number of rotatable bonds is 5. The molecule has 0 saturated carbocycles. The summed E-state index contributed by atoms with van der Waals surface area (Å²) in [5.74, 6) is 1.76. The molecular formula is C25H19NO6S. The van der Waals surface area contributed by atoms with Crippen molar-refractivity contribution in [2.24, 2.45) is 0 Å². The molecule has 2 heterocycles. The molecule has 1 aliphatic heterocycles. The Kier molecular flexibility index (Phi) is 5.35. The lowest BCUT2D eigenvalue weighted by atomic mass is 10.0. The smallest absolute Gasteiger partial charge is 0.256 e. The predicted molar refractivity (Wildman–Crippen MR) is 127 cm³/mol. The van der Waals surface area contributed by atoms with E-state index < -0.39 is 0 Å². The molecule has 8 heteroatoms. The van der Waals surface area contributed by atoms with Crippen LogP contribution < -0.4 is 29.7 Å². The van der Waals surface area contributed by atoms with Crippen LogP contribution in [0, 0.1) is 0 Å². The molecule has 166 valence electrons. The first-order valence-electron chi connectivity index (χ1n) is 10.1. The standard InChI is InChI=1S/C25H19NO6S/c1-29-17-9-8-15(12-19(17)30-2)24(28)26-25-22(14-7-10-18-20(11-14)32-13-31-18)23(27)16-5-3-4-6-21(16)33-25/h3-12H,13H2,1-2H3,(H,26,28). The quantitative estimate of drug-likeness (QED) is 0.454. The predicted octanol–water partition coefficient (Wildman–Crippen LogP) is 4.93. The first-order chi connectivity index (χ1) is 16.1. The maximum atomic E-state index is 13.5. The maximum Gasteiger partial charge on any atom is 0.256 e. The lowest BCUT2D eigenvalue weighted by molar-refractivity contribution is 0.102. The van der Waals surface area contributed by atoms with E-state index in [0.29, 0.717) is 50.1 Å². The fourth-order valence-corrected chi connectivity index (χ4v) is 4.79. The molecule has 0 spiro atoms. The summed E-state index contributed by atoms with van der Waals surface area (Å²) in [4.78, 5) is 26.7. The van der Waals surface area contributed by atoms with Gasteiger partial charge in [0, 0.05) is 15.6 Å². The minimum atomic E-state index is -0.371. The molecule has 1 amide bonds. The Hall–Kier alpha value is -4.04. The molecule has 0 bridgehead atoms. The summed E-state index contributed by atoms with van der Waals surface area (Å²) in [6.45, 7) is 0.131. The van der Waals surface area contributed by atoms with Crippen LogP contribution in [0.15, 0.2) is 65.5 Å². The normalized spacial score (nSPS) is 11.9. The van der Waals surface area contributed by atoms with E-state index in [0.717, 1.165) is 4.70 Å². The number of anilines is 1. The summed E-state index contributed by atoms with van der Waals surface area (Å²) in [6.07, 6.45) is 0. The second-order valence-corrected chi connectivity index (χ2v) is 8.28. The van der Waals surface area contributed by atoms with Gasteiger partial charge in [0.1, 0.15) is 5.00 Å². The first kappa shape index (κ1) is 20.8. The van der Waals surface area contributed by atoms with Crippen molar-refractivity contribution < 1.29 is 23.7 Å². The van der Waals surface area contributed by atoms with Crippen molar-refractivity contribution in [2.75, 3.05) is 26.3 Å². The molecule has 0 saturated heterocycles. The molecule has 1 N–H and O–H groups in total. The van der Waals surface area contributed by atoms with E-state index in [-0.39, 0.29) is 18.1 Å². The summed E-state index contributed by atoms with van der Waals surface area (Å²) in [5, 5.41) is 3.95. The third kappa shape index (κ3) is 3.74. The van der Waals surface area contributed by atoms with Crippen LogP contribution >= 0.6 is 11.3 Å². The number of nitrogens with one attached hydrogen (secondary N) is 1. The second-order valence-electron chi connectivity index (χ2n) is 7.22. The molecule has 0 radical (unpaired) electrons. The minimum absolute atomic E-state index is 0.131. The molecule has 1 aromatic heterocycles. The Morgan fingerprint density at radius 1 is 0.939 bits per heavy atom. The Balaban J connectivity index is 1.62. The molecule has 33 heavy (non-hydrogen) atoms. The molecule has 5 rings (SSSR count). The van der Waals surface area contributed by atoms with Crippen LogP contribution in [0.3, 0.4) is 0 Å². The number of hydrogen-bond donors (Lipinski definition) is 1. The molecular weight excluding hydrogens is 442 g/mol. The van der Waals surface area contributed by atoms with Crippen LogP contribution in [0.1, 0.15) is 10.4 Å². The highest BCUT2D eigenvalue weighted by Gasteiger charge is 2.21. The number of amides is 1. The lowest BCUT2D eigenvalue weighted by Crippen LogP contribution is -2.15. The number of benzene rings is 3. The van der Waals surface area contributed by atoms with Crippen LogP contribution in [0.2, 0.25) is 0 Å². The minimum Gasteiger partial charge on any atom is -0.493 e. The fraction of sp³-hybridized carbons (Fsp3) is 0.120. The number of carbonyl (C=O) groups excluding carboxylic acids is 1. The van der Waals surface area contributed by atoms with E-state index in [1.54, 1.807) is 42.5 Å². The van der Waals surface area contributed by atoms with Gasteiger partial charge in [-0.1, -0.05) is 18.2 Å². The van der Waals surface area contributed by atoms with Gasteiger partial charge in [-0.25, -0.2) is 0 Å². The van der Waals surface area contributed by atoms with E-state index in [1.807, 2.05) is 18.2 Å². The first-order valence-corrected chi connectivity index (χ1v) is 10.9. The van der Waals surface area contributed by atoms with Crippen molar-refractivity contribution in [2.45, 2.75) is 0 Å². The molecule has 7 nitrogen and oxygen atoms in total. The van der Waals surface area contributed by atoms with Gasteiger partial charge in [-0.15, -0.1) is 11.3 Å². The van der Waals surface area contributed by atoms with Crippen LogP contribution in [0.4, 0.5) is 5.00 Å². The highest BCUT2D eigenvalue weighted by molar-refractivity contribution is 7.22. The van der Waals surface area contributed by atoms with Gasteiger partial charge in [0.05, 0.1) is 19.8 Å². The average Bonchev–Trinajstić information content (AvgIpc) is 3.31. The van der Waals surface area contributed by atoms with E-state index >= 15 is 0 Å². The Morgan fingerprint density at radius 2 is 1.73 bits per heavy atom. The van der Waals surface area contributed by atoms with E-state index in [4.69, 9.17) is 18.9 Å². The van der Waals surface area contributed by atoms with E-state index in [9.17, 15) is 9.59 Å². The number of fused-ring (bicyclic) bond motifs is 2. The van der Waals surface area contributed by atoms with E-state index in [2.05, 4.69) is 5.32 Å². The van der Waals surface area contributed by atoms with Crippen molar-refractivity contribution >= 4 is 32.3 Å². The number of ether oxygens (including phenoxy) is 4. The zero-order valence-electron chi connectivity index (χ0n) is 17.8. The lowest BCUT2D eigenvalue weighted by Gasteiger charge is -2.13. The second kappa shape index (κ2) is 8.48. The Labute approximate surface area is 193 Å². The largest absolute Gasteiger partial charge is 0.493 e. The van der Waals surface area contributed by atoms with Crippen molar-refractivity contribution in [3.8, 4) is 34.1 Å². The van der Waals surface area contributed by atoms with Gasteiger partial charge >= 0.3 is 0 Å². The molecule has 0 fully saturated rings. The third-order valence-corrected chi connectivity index (χ3v) is 6.42. The number of methoxy groups -OCH3 is 2. The summed E-state index contributed by atoms with van der Waals surface area (Å²) in [5.41, 5.74) is 1.22. The van der Waals surface area contributed by atoms with Gasteiger partial charge in [0.2, 0.25) is 6.79 Å². The Morgan fingerprint density at radius 3 is 2.55 bits per heavy atom. The van der Waals surface area contributed by atoms with Gasteiger partial charge < -0.3 is 24.3 Å². The topological polar surface area (TPSA) is 83.1 Å². The fourth-order valence-electron chi connectivity index (χ4n) is 3.70. The molecule has 4 aromatic rings. The van der Waals surface area contributed by atoms with Gasteiger partial charge in [-0.2, -0.15) is 0 Å². The van der Waals surface area contributed by atoms with Gasteiger partial charge in [-0.05, 0) is 48.0 Å². The monoisotopic (exact) mass is 461 g/mol. The molecule has 1 aliphatic rings. The summed E-state index contributed by atoms with van der Waals surface area (Å²) < 4.78 is 22.2. The van der Waals surface area contributed by atoms with Gasteiger partial charge in [0.25, 0.3) is 5.91 Å². The van der Waals surface area contributed by atoms with Gasteiger partial charge in [-0.3, -0.25) is 9.59 Å². The molecule has 0 unspecified atom stereocenters. The molecule has 0 atom stereocenters. The van der Waals surface area contributed by atoms with Crippen LogP contribution in [0.5, 0.6) is 23.0 Å². The van der Waals surface area contributed by atoms with Crippen LogP contribution in [-0.2, 0) is 0 Å². The average molecular weight is 461 g/mol. The van der Waals surface area contributed by atoms with Gasteiger partial charge in [0.15, 0.2) is 28.4 Å². The highest BCUT2D eigenvalue weighted by atomic mass is 32.1. The van der Waals surface area contributed by atoms with Crippen molar-refractivity contribution in [3.05, 3.63) is 76.5 Å². The Bertz CT molecular complexity index is 1450. The van der Waals surface area contributed by atoms with Crippen LogP contribution in [0.25, 0.3) is 21.2 Å². The van der Waals surface area contributed by atoms with E-state index in [1.165, 1.54) is 25.6 Å². The zero-order valence-corrected chi connectivity index (χ0v) is 18.7. The number of carbonyl (C=O) groups is 1. The summed E-state index contributed by atoms with van der Waals surface area (Å²) in [6, 6.07) is 17.5. The maximum absolute atomic E-state index is 13.5. The number of hydrogen-bond acceptors (Lipinski definition) is 7. The zero-order chi connectivity index (χ0) is 22.9. The molecule has 0 aliphatic carbocycles. The SMILES string of the molecule is COc1ccc(C(=O)Nc2sc3ccccc3c(=O)c2-c2ccc3c(c2)OCO3)cc1OC. The molecule has 3 aromatic carbocycles. The highest BCUT2D eigenvalue weighted by Crippen LogP contribution is 2.39.